The van der Waals surface area contributed by atoms with Gasteiger partial charge in [0, 0.05) is 6.61 Å². The summed E-state index contributed by atoms with van der Waals surface area (Å²) in [5.74, 6) is -0.263. The van der Waals surface area contributed by atoms with Crippen molar-refractivity contribution in [1.82, 2.24) is 15.0 Å². The smallest absolute Gasteiger partial charge is 0.125 e. The molecule has 1 fully saturated rings. The Hall–Kier alpha value is -1.75. The van der Waals surface area contributed by atoms with Crippen LogP contribution in [0.1, 0.15) is 36.6 Å². The fourth-order valence-corrected chi connectivity index (χ4v) is 2.37. The number of halogens is 1. The van der Waals surface area contributed by atoms with E-state index in [4.69, 9.17) is 4.74 Å². The largest absolute Gasteiger partial charge is 0.372 e. The number of nitrogens with zero attached hydrogens (tertiary/aromatic N) is 3. The first kappa shape index (κ1) is 12.3. The minimum atomic E-state index is -0.263. The second kappa shape index (κ2) is 5.09. The molecule has 19 heavy (non-hydrogen) atoms. The molecule has 5 heteroatoms. The van der Waals surface area contributed by atoms with Crippen molar-refractivity contribution in [3.05, 3.63) is 41.5 Å². The van der Waals surface area contributed by atoms with Gasteiger partial charge in [0.1, 0.15) is 17.6 Å². The van der Waals surface area contributed by atoms with Gasteiger partial charge in [-0.2, -0.15) is 0 Å². The molecule has 2 aromatic rings. The van der Waals surface area contributed by atoms with Gasteiger partial charge >= 0.3 is 0 Å². The van der Waals surface area contributed by atoms with E-state index in [0.29, 0.717) is 5.69 Å². The van der Waals surface area contributed by atoms with Gasteiger partial charge in [-0.1, -0.05) is 5.21 Å². The molecule has 0 saturated carbocycles. The molecule has 0 N–H and O–H groups in total. The van der Waals surface area contributed by atoms with Crippen LogP contribution in [0.15, 0.2) is 24.4 Å². The van der Waals surface area contributed by atoms with Gasteiger partial charge in [-0.05, 0) is 49.9 Å². The van der Waals surface area contributed by atoms with Gasteiger partial charge in [0.05, 0.1) is 11.9 Å². The van der Waals surface area contributed by atoms with Crippen LogP contribution in [0.3, 0.4) is 0 Å². The van der Waals surface area contributed by atoms with Gasteiger partial charge in [0.15, 0.2) is 0 Å². The van der Waals surface area contributed by atoms with Crippen LogP contribution in [-0.2, 0) is 4.74 Å². The van der Waals surface area contributed by atoms with Crippen LogP contribution in [0.25, 0.3) is 5.69 Å². The summed E-state index contributed by atoms with van der Waals surface area (Å²) in [5.41, 5.74) is 2.37. The Labute approximate surface area is 111 Å². The number of aromatic nitrogens is 3. The highest BCUT2D eigenvalue weighted by atomic mass is 19.1. The van der Waals surface area contributed by atoms with Crippen molar-refractivity contribution in [2.75, 3.05) is 6.61 Å². The van der Waals surface area contributed by atoms with E-state index in [0.717, 1.165) is 37.1 Å². The summed E-state index contributed by atoms with van der Waals surface area (Å²) in [6.45, 7) is 2.63. The van der Waals surface area contributed by atoms with Gasteiger partial charge in [-0.15, -0.1) is 5.10 Å². The van der Waals surface area contributed by atoms with Crippen molar-refractivity contribution in [2.45, 2.75) is 32.3 Å². The second-order valence-corrected chi connectivity index (χ2v) is 4.93. The molecule has 4 nitrogen and oxygen atoms in total. The summed E-state index contributed by atoms with van der Waals surface area (Å²) in [7, 11) is 0. The maximum atomic E-state index is 13.4. The Morgan fingerprint density at radius 3 is 2.95 bits per heavy atom. The third-order valence-corrected chi connectivity index (χ3v) is 3.31. The first-order valence-corrected chi connectivity index (χ1v) is 6.54. The molecule has 1 atom stereocenters. The van der Waals surface area contributed by atoms with E-state index in [1.807, 2.05) is 19.2 Å². The maximum Gasteiger partial charge on any atom is 0.125 e. The van der Waals surface area contributed by atoms with Crippen molar-refractivity contribution >= 4 is 0 Å². The molecule has 0 bridgehead atoms. The topological polar surface area (TPSA) is 39.9 Å². The van der Waals surface area contributed by atoms with E-state index in [-0.39, 0.29) is 11.9 Å². The van der Waals surface area contributed by atoms with Crippen LogP contribution in [0, 0.1) is 12.7 Å². The van der Waals surface area contributed by atoms with Crippen molar-refractivity contribution in [1.29, 1.82) is 0 Å². The first-order chi connectivity index (χ1) is 9.22. The van der Waals surface area contributed by atoms with Gasteiger partial charge in [-0.25, -0.2) is 9.07 Å². The molecule has 100 valence electrons. The monoisotopic (exact) mass is 261 g/mol. The molecule has 0 amide bonds. The number of ether oxygens (including phenoxy) is 1. The molecule has 3 rings (SSSR count). The molecule has 0 aliphatic carbocycles. The second-order valence-electron chi connectivity index (χ2n) is 4.93. The van der Waals surface area contributed by atoms with Gasteiger partial charge in [-0.3, -0.25) is 0 Å². The minimum absolute atomic E-state index is 0.0251. The van der Waals surface area contributed by atoms with Gasteiger partial charge in [0.2, 0.25) is 0 Å². The summed E-state index contributed by atoms with van der Waals surface area (Å²) in [6.07, 6.45) is 5.08. The third kappa shape index (κ3) is 2.66. The highest BCUT2D eigenvalue weighted by molar-refractivity contribution is 5.35. The molecule has 0 spiro atoms. The Kier molecular flexibility index (Phi) is 3.29. The van der Waals surface area contributed by atoms with Crippen molar-refractivity contribution in [3.8, 4) is 5.69 Å². The Balaban J connectivity index is 1.87. The lowest BCUT2D eigenvalue weighted by atomic mass is 10.1. The molecule has 1 aromatic heterocycles. The Morgan fingerprint density at radius 1 is 1.32 bits per heavy atom. The average Bonchev–Trinajstić information content (AvgIpc) is 2.88. The van der Waals surface area contributed by atoms with Crippen LogP contribution >= 0.6 is 0 Å². The van der Waals surface area contributed by atoms with E-state index in [2.05, 4.69) is 10.3 Å². The molecule has 1 aliphatic rings. The quantitative estimate of drug-likeness (QED) is 0.834. The summed E-state index contributed by atoms with van der Waals surface area (Å²) < 4.78 is 20.7. The lowest BCUT2D eigenvalue weighted by molar-refractivity contribution is 0.0122. The van der Waals surface area contributed by atoms with Crippen LogP contribution in [-0.4, -0.2) is 21.6 Å². The van der Waals surface area contributed by atoms with Crippen molar-refractivity contribution < 1.29 is 9.13 Å². The fraction of sp³-hybridized carbons (Fsp3) is 0.429. The van der Waals surface area contributed by atoms with E-state index in [1.165, 1.54) is 12.1 Å². The molecular formula is C14H16FN3O. The molecule has 1 unspecified atom stereocenters. The van der Waals surface area contributed by atoms with E-state index < -0.39 is 0 Å². The number of hydrogen-bond donors (Lipinski definition) is 0. The van der Waals surface area contributed by atoms with Crippen LogP contribution in [0.2, 0.25) is 0 Å². The Morgan fingerprint density at radius 2 is 2.21 bits per heavy atom. The SMILES string of the molecule is Cc1cc(F)cc(-n2cc(C3CCCCO3)nn2)c1. The zero-order valence-corrected chi connectivity index (χ0v) is 10.8. The standard InChI is InChI=1S/C14H16FN3O/c1-10-6-11(15)8-12(7-10)18-9-13(16-17-18)14-4-2-3-5-19-14/h6-9,14H,2-5H2,1H3. The van der Waals surface area contributed by atoms with Crippen molar-refractivity contribution in [2.24, 2.45) is 0 Å². The van der Waals surface area contributed by atoms with Crippen LogP contribution < -0.4 is 0 Å². The Bertz CT molecular complexity index is 556. The summed E-state index contributed by atoms with van der Waals surface area (Å²) in [6, 6.07) is 4.82. The van der Waals surface area contributed by atoms with Gasteiger partial charge < -0.3 is 4.74 Å². The highest BCUT2D eigenvalue weighted by Crippen LogP contribution is 2.26. The summed E-state index contributed by atoms with van der Waals surface area (Å²) in [5, 5.41) is 8.20. The predicted octanol–water partition coefficient (Wildman–Crippen LogP) is 2.96. The molecule has 1 aliphatic heterocycles. The lowest BCUT2D eigenvalue weighted by Crippen LogP contribution is -2.11. The number of aryl methyl sites for hydroxylation is 1. The molecule has 1 saturated heterocycles. The molecular weight excluding hydrogens is 245 g/mol. The van der Waals surface area contributed by atoms with Crippen LogP contribution in [0.5, 0.6) is 0 Å². The van der Waals surface area contributed by atoms with Gasteiger partial charge in [0.25, 0.3) is 0 Å². The zero-order valence-electron chi connectivity index (χ0n) is 10.8. The number of rotatable bonds is 2. The van der Waals surface area contributed by atoms with E-state index >= 15 is 0 Å². The van der Waals surface area contributed by atoms with Crippen LogP contribution in [0.4, 0.5) is 4.39 Å². The average molecular weight is 261 g/mol. The fourth-order valence-electron chi connectivity index (χ4n) is 2.37. The molecule has 2 heterocycles. The highest BCUT2D eigenvalue weighted by Gasteiger charge is 2.19. The third-order valence-electron chi connectivity index (χ3n) is 3.31. The predicted molar refractivity (Wildman–Crippen MR) is 68.6 cm³/mol. The lowest BCUT2D eigenvalue weighted by Gasteiger charge is -2.19. The first-order valence-electron chi connectivity index (χ1n) is 6.54. The number of hydrogen-bond acceptors (Lipinski definition) is 3. The van der Waals surface area contributed by atoms with Crippen molar-refractivity contribution in [3.63, 3.8) is 0 Å². The summed E-state index contributed by atoms with van der Waals surface area (Å²) >= 11 is 0. The zero-order chi connectivity index (χ0) is 13.2. The normalized spacial score (nSPS) is 19.6. The van der Waals surface area contributed by atoms with E-state index in [9.17, 15) is 4.39 Å². The molecule has 0 radical (unpaired) electrons. The van der Waals surface area contributed by atoms with E-state index in [1.54, 1.807) is 4.68 Å². The molecule has 1 aromatic carbocycles. The summed E-state index contributed by atoms with van der Waals surface area (Å²) in [4.78, 5) is 0. The maximum absolute atomic E-state index is 13.4. The minimum Gasteiger partial charge on any atom is -0.372 e. The number of benzene rings is 1.